The minimum Gasteiger partial charge on any atom is -0.438 e. The number of hydrogen-bond donors (Lipinski definition) is 0. The normalized spacial score (nSPS) is 14.8. The van der Waals surface area contributed by atoms with Crippen LogP contribution in [0.1, 0.15) is 31.2 Å². The van der Waals surface area contributed by atoms with Crippen LogP contribution in [0.2, 0.25) is 0 Å². The average Bonchev–Trinajstić information content (AvgIpc) is 3.25. The van der Waals surface area contributed by atoms with Crippen molar-refractivity contribution in [2.45, 2.75) is 26.3 Å². The summed E-state index contributed by atoms with van der Waals surface area (Å²) in [6.45, 7) is 8.36. The lowest BCUT2D eigenvalue weighted by molar-refractivity contribution is 0.0330. The van der Waals surface area contributed by atoms with E-state index in [1.807, 2.05) is 18.2 Å². The Morgan fingerprint density at radius 3 is 2.53 bits per heavy atom. The highest BCUT2D eigenvalue weighted by molar-refractivity contribution is 7.17. The van der Waals surface area contributed by atoms with Crippen LogP contribution in [-0.2, 0) is 11.3 Å². The molecule has 2 aromatic heterocycles. The summed E-state index contributed by atoms with van der Waals surface area (Å²) >= 11 is 1.65. The molecule has 6 heteroatoms. The molecule has 164 valence electrons. The minimum absolute atomic E-state index is 0.354. The highest BCUT2D eigenvalue weighted by Crippen LogP contribution is 2.40. The van der Waals surface area contributed by atoms with Gasteiger partial charge in [-0.3, -0.25) is 4.90 Å². The van der Waals surface area contributed by atoms with Crippen molar-refractivity contribution < 1.29 is 9.47 Å². The van der Waals surface area contributed by atoms with Gasteiger partial charge in [-0.25, -0.2) is 4.98 Å². The van der Waals surface area contributed by atoms with Gasteiger partial charge in [0.25, 0.3) is 0 Å². The van der Waals surface area contributed by atoms with E-state index in [4.69, 9.17) is 19.4 Å². The molecule has 0 saturated carbocycles. The third-order valence-electron chi connectivity index (χ3n) is 5.75. The van der Waals surface area contributed by atoms with Gasteiger partial charge in [0, 0.05) is 24.0 Å². The number of ether oxygens (including phenoxy) is 2. The molecule has 0 aliphatic carbocycles. The largest absolute Gasteiger partial charge is 0.438 e. The third-order valence-corrected chi connectivity index (χ3v) is 6.62. The Bertz CT molecular complexity index is 1200. The quantitative estimate of drug-likeness (QED) is 0.359. The smallest absolute Gasteiger partial charge is 0.232 e. The maximum atomic E-state index is 6.55. The van der Waals surface area contributed by atoms with Crippen molar-refractivity contribution >= 4 is 21.6 Å². The van der Waals surface area contributed by atoms with Gasteiger partial charge >= 0.3 is 0 Å². The van der Waals surface area contributed by atoms with Crippen LogP contribution in [0.25, 0.3) is 21.3 Å². The number of thiophene rings is 1. The van der Waals surface area contributed by atoms with Gasteiger partial charge in [0.15, 0.2) is 0 Å². The number of rotatable bonds is 6. The van der Waals surface area contributed by atoms with Crippen molar-refractivity contribution in [2.24, 2.45) is 0 Å². The number of para-hydroxylation sites is 1. The topological polar surface area (TPSA) is 47.5 Å². The summed E-state index contributed by atoms with van der Waals surface area (Å²) in [6.07, 6.45) is 0. The maximum Gasteiger partial charge on any atom is 0.232 e. The van der Waals surface area contributed by atoms with Gasteiger partial charge in [-0.2, -0.15) is 4.98 Å². The molecule has 4 aromatic rings. The number of fused-ring (bicyclic) bond motifs is 1. The second-order valence-corrected chi connectivity index (χ2v) is 9.18. The first kappa shape index (κ1) is 21.1. The monoisotopic (exact) mass is 445 g/mol. The number of hydrogen-bond acceptors (Lipinski definition) is 6. The van der Waals surface area contributed by atoms with Crippen LogP contribution in [0.3, 0.4) is 0 Å². The zero-order valence-corrected chi connectivity index (χ0v) is 19.3. The van der Waals surface area contributed by atoms with Gasteiger partial charge < -0.3 is 9.47 Å². The Morgan fingerprint density at radius 2 is 1.75 bits per heavy atom. The van der Waals surface area contributed by atoms with Gasteiger partial charge in [0.2, 0.25) is 5.88 Å². The number of nitrogens with zero attached hydrogens (tertiary/aromatic N) is 3. The molecule has 0 radical (unpaired) electrons. The van der Waals surface area contributed by atoms with Gasteiger partial charge in [0.05, 0.1) is 25.1 Å². The minimum atomic E-state index is 0.354. The SMILES string of the molecule is CC(C)c1ccccc1Oc1nc(CN2CCOCC2)nc2scc(-c3ccccc3)c12. The molecule has 1 saturated heterocycles. The Hall–Kier alpha value is -2.80. The van der Waals surface area contributed by atoms with Gasteiger partial charge in [-0.05, 0) is 23.1 Å². The highest BCUT2D eigenvalue weighted by atomic mass is 32.1. The predicted molar refractivity (Wildman–Crippen MR) is 130 cm³/mol. The van der Waals surface area contributed by atoms with E-state index in [0.717, 1.165) is 59.2 Å². The fourth-order valence-corrected chi connectivity index (χ4v) is 5.00. The van der Waals surface area contributed by atoms with Crippen molar-refractivity contribution in [2.75, 3.05) is 26.3 Å². The highest BCUT2D eigenvalue weighted by Gasteiger charge is 2.20. The average molecular weight is 446 g/mol. The van der Waals surface area contributed by atoms with Gasteiger partial charge in [-0.15, -0.1) is 11.3 Å². The van der Waals surface area contributed by atoms with E-state index in [1.54, 1.807) is 11.3 Å². The van der Waals surface area contributed by atoms with Crippen molar-refractivity contribution in [3.63, 3.8) is 0 Å². The Kier molecular flexibility index (Phi) is 6.17. The molecular weight excluding hydrogens is 418 g/mol. The van der Waals surface area contributed by atoms with E-state index < -0.39 is 0 Å². The fourth-order valence-electron chi connectivity index (χ4n) is 4.04. The summed E-state index contributed by atoms with van der Waals surface area (Å²) in [5, 5.41) is 3.14. The fraction of sp³-hybridized carbons (Fsp3) is 0.308. The van der Waals surface area contributed by atoms with Crippen LogP contribution in [0.5, 0.6) is 11.6 Å². The molecule has 0 N–H and O–H groups in total. The van der Waals surface area contributed by atoms with Gasteiger partial charge in [-0.1, -0.05) is 62.4 Å². The summed E-state index contributed by atoms with van der Waals surface area (Å²) in [7, 11) is 0. The molecule has 0 spiro atoms. The zero-order valence-electron chi connectivity index (χ0n) is 18.5. The van der Waals surface area contributed by atoms with E-state index in [9.17, 15) is 0 Å². The molecule has 32 heavy (non-hydrogen) atoms. The van der Waals surface area contributed by atoms with Crippen LogP contribution in [0.15, 0.2) is 60.0 Å². The Labute approximate surface area is 192 Å². The van der Waals surface area contributed by atoms with Crippen LogP contribution in [-0.4, -0.2) is 41.2 Å². The van der Waals surface area contributed by atoms with E-state index in [-0.39, 0.29) is 0 Å². The van der Waals surface area contributed by atoms with Crippen LogP contribution >= 0.6 is 11.3 Å². The lowest BCUT2D eigenvalue weighted by Crippen LogP contribution is -2.36. The first-order valence-electron chi connectivity index (χ1n) is 11.1. The number of aromatic nitrogens is 2. The molecule has 1 aliphatic rings. The lowest BCUT2D eigenvalue weighted by atomic mass is 10.0. The van der Waals surface area contributed by atoms with Crippen molar-refractivity contribution in [3.8, 4) is 22.8 Å². The summed E-state index contributed by atoms with van der Waals surface area (Å²) in [6, 6.07) is 18.6. The Morgan fingerprint density at radius 1 is 1.00 bits per heavy atom. The van der Waals surface area contributed by atoms with Crippen LogP contribution in [0, 0.1) is 0 Å². The predicted octanol–water partition coefficient (Wildman–Crippen LogP) is 6.11. The molecule has 1 fully saturated rings. The molecule has 0 atom stereocenters. The summed E-state index contributed by atoms with van der Waals surface area (Å²) in [5.74, 6) is 2.63. The van der Waals surface area contributed by atoms with Crippen LogP contribution < -0.4 is 4.74 Å². The van der Waals surface area contributed by atoms with E-state index in [0.29, 0.717) is 18.3 Å². The molecule has 5 rings (SSSR count). The number of morpholine rings is 1. The van der Waals surface area contributed by atoms with E-state index >= 15 is 0 Å². The lowest BCUT2D eigenvalue weighted by Gasteiger charge is -2.25. The van der Waals surface area contributed by atoms with Crippen molar-refractivity contribution in [1.82, 2.24) is 14.9 Å². The summed E-state index contributed by atoms with van der Waals surface area (Å²) < 4.78 is 12.0. The molecule has 2 aromatic carbocycles. The molecule has 0 amide bonds. The first-order chi connectivity index (χ1) is 15.7. The molecule has 1 aliphatic heterocycles. The van der Waals surface area contributed by atoms with Crippen molar-refractivity contribution in [3.05, 3.63) is 71.4 Å². The maximum absolute atomic E-state index is 6.55. The van der Waals surface area contributed by atoms with E-state index in [1.165, 1.54) is 5.56 Å². The second-order valence-electron chi connectivity index (χ2n) is 8.32. The van der Waals surface area contributed by atoms with Crippen molar-refractivity contribution in [1.29, 1.82) is 0 Å². The van der Waals surface area contributed by atoms with E-state index in [2.05, 4.69) is 60.5 Å². The Balaban J connectivity index is 1.61. The van der Waals surface area contributed by atoms with Gasteiger partial charge in [0.1, 0.15) is 16.4 Å². The second kappa shape index (κ2) is 9.36. The third kappa shape index (κ3) is 4.39. The van der Waals surface area contributed by atoms with Crippen LogP contribution in [0.4, 0.5) is 0 Å². The molecule has 5 nitrogen and oxygen atoms in total. The molecule has 3 heterocycles. The molecular formula is C26H27N3O2S. The first-order valence-corrected chi connectivity index (χ1v) is 12.0. The summed E-state index contributed by atoms with van der Waals surface area (Å²) in [5.41, 5.74) is 3.43. The zero-order chi connectivity index (χ0) is 21.9. The number of benzene rings is 2. The standard InChI is InChI=1S/C26H27N3O2S/c1-18(2)20-10-6-7-11-22(20)31-25-24-21(19-8-4-3-5-9-19)17-32-26(24)28-23(27-25)16-29-12-14-30-15-13-29/h3-11,17-18H,12-16H2,1-2H3. The molecule has 0 bridgehead atoms. The summed E-state index contributed by atoms with van der Waals surface area (Å²) in [4.78, 5) is 13.2. The molecule has 0 unspecified atom stereocenters.